The van der Waals surface area contributed by atoms with Gasteiger partial charge in [-0.2, -0.15) is 0 Å². The lowest BCUT2D eigenvalue weighted by Gasteiger charge is -2.08. The zero-order valence-corrected chi connectivity index (χ0v) is 11.7. The monoisotopic (exact) mass is 276 g/mol. The Labute approximate surface area is 116 Å². The Morgan fingerprint density at radius 3 is 2.42 bits per heavy atom. The third kappa shape index (κ3) is 3.58. The number of benzene rings is 1. The van der Waals surface area contributed by atoms with Gasteiger partial charge in [0.05, 0.1) is 6.61 Å². The normalized spacial score (nSPS) is 10.7. The minimum atomic E-state index is -0.881. The van der Waals surface area contributed by atoms with Gasteiger partial charge in [-0.05, 0) is 47.9 Å². The Balaban J connectivity index is 2.10. The molecular formula is C15H16O3S. The highest BCUT2D eigenvalue weighted by Crippen LogP contribution is 2.29. The molecule has 19 heavy (non-hydrogen) atoms. The standard InChI is InChI=1S/C15H16O3S/c1-10(2)9-18-12-5-3-11(4-6-12)13-7-8-14(19-13)15(16)17/h3-8,10H,9H2,1-2H3,(H,16,17). The molecule has 0 aliphatic carbocycles. The van der Waals surface area contributed by atoms with E-state index in [1.807, 2.05) is 30.3 Å². The molecular weight excluding hydrogens is 260 g/mol. The molecule has 2 aromatic rings. The molecule has 3 nitrogen and oxygen atoms in total. The first-order valence-electron chi connectivity index (χ1n) is 6.12. The van der Waals surface area contributed by atoms with Crippen LogP contribution in [-0.2, 0) is 0 Å². The summed E-state index contributed by atoms with van der Waals surface area (Å²) in [6.07, 6.45) is 0. The lowest BCUT2D eigenvalue weighted by Crippen LogP contribution is -2.04. The van der Waals surface area contributed by atoms with Crippen LogP contribution in [0.2, 0.25) is 0 Å². The van der Waals surface area contributed by atoms with Crippen LogP contribution < -0.4 is 4.74 Å². The number of aromatic carboxylic acids is 1. The smallest absolute Gasteiger partial charge is 0.345 e. The molecule has 0 aliphatic rings. The predicted molar refractivity (Wildman–Crippen MR) is 77.0 cm³/mol. The highest BCUT2D eigenvalue weighted by molar-refractivity contribution is 7.17. The highest BCUT2D eigenvalue weighted by Gasteiger charge is 2.08. The lowest BCUT2D eigenvalue weighted by atomic mass is 10.2. The highest BCUT2D eigenvalue weighted by atomic mass is 32.1. The maximum atomic E-state index is 10.8. The average molecular weight is 276 g/mol. The van der Waals surface area contributed by atoms with E-state index in [9.17, 15) is 4.79 Å². The molecule has 0 bridgehead atoms. The molecule has 0 aliphatic heterocycles. The van der Waals surface area contributed by atoms with Crippen LogP contribution in [0.3, 0.4) is 0 Å². The van der Waals surface area contributed by atoms with Crippen LogP contribution >= 0.6 is 11.3 Å². The van der Waals surface area contributed by atoms with E-state index in [0.717, 1.165) is 16.2 Å². The molecule has 1 aromatic heterocycles. The topological polar surface area (TPSA) is 46.5 Å². The Morgan fingerprint density at radius 1 is 1.21 bits per heavy atom. The molecule has 0 saturated heterocycles. The summed E-state index contributed by atoms with van der Waals surface area (Å²) in [6.45, 7) is 4.91. The van der Waals surface area contributed by atoms with Gasteiger partial charge >= 0.3 is 5.97 Å². The maximum absolute atomic E-state index is 10.8. The van der Waals surface area contributed by atoms with Crippen LogP contribution in [0, 0.1) is 5.92 Å². The summed E-state index contributed by atoms with van der Waals surface area (Å²) < 4.78 is 5.61. The van der Waals surface area contributed by atoms with Gasteiger partial charge in [0.1, 0.15) is 10.6 Å². The molecule has 0 radical (unpaired) electrons. The first-order valence-corrected chi connectivity index (χ1v) is 6.94. The van der Waals surface area contributed by atoms with Crippen molar-refractivity contribution >= 4 is 17.3 Å². The number of rotatable bonds is 5. The number of ether oxygens (including phenoxy) is 1. The second-order valence-corrected chi connectivity index (χ2v) is 5.78. The first-order chi connectivity index (χ1) is 9.06. The van der Waals surface area contributed by atoms with Crippen molar-refractivity contribution in [3.63, 3.8) is 0 Å². The number of carboxylic acid groups (broad SMARTS) is 1. The fourth-order valence-corrected chi connectivity index (χ4v) is 2.44. The van der Waals surface area contributed by atoms with E-state index >= 15 is 0 Å². The quantitative estimate of drug-likeness (QED) is 0.892. The van der Waals surface area contributed by atoms with Crippen molar-refractivity contribution in [2.45, 2.75) is 13.8 Å². The second kappa shape index (κ2) is 5.89. The van der Waals surface area contributed by atoms with E-state index in [1.165, 1.54) is 11.3 Å². The van der Waals surface area contributed by atoms with Crippen molar-refractivity contribution in [1.82, 2.24) is 0 Å². The van der Waals surface area contributed by atoms with Gasteiger partial charge in [0.25, 0.3) is 0 Å². The van der Waals surface area contributed by atoms with Gasteiger partial charge < -0.3 is 9.84 Å². The molecule has 0 saturated carbocycles. The van der Waals surface area contributed by atoms with Gasteiger partial charge in [0.2, 0.25) is 0 Å². The van der Waals surface area contributed by atoms with Crippen molar-refractivity contribution in [2.24, 2.45) is 5.92 Å². The molecule has 0 atom stereocenters. The van der Waals surface area contributed by atoms with Gasteiger partial charge in [0, 0.05) is 4.88 Å². The molecule has 0 unspecified atom stereocenters. The molecule has 0 amide bonds. The lowest BCUT2D eigenvalue weighted by molar-refractivity contribution is 0.0702. The van der Waals surface area contributed by atoms with E-state index in [-0.39, 0.29) is 0 Å². The number of carbonyl (C=O) groups is 1. The van der Waals surface area contributed by atoms with E-state index < -0.39 is 5.97 Å². The zero-order chi connectivity index (χ0) is 13.8. The van der Waals surface area contributed by atoms with Crippen molar-refractivity contribution in [1.29, 1.82) is 0 Å². The molecule has 1 heterocycles. The van der Waals surface area contributed by atoms with Gasteiger partial charge in [-0.1, -0.05) is 13.8 Å². The largest absolute Gasteiger partial charge is 0.493 e. The molecule has 1 aromatic carbocycles. The summed E-state index contributed by atoms with van der Waals surface area (Å²) in [5, 5.41) is 8.90. The summed E-state index contributed by atoms with van der Waals surface area (Å²) in [7, 11) is 0. The predicted octanol–water partition coefficient (Wildman–Crippen LogP) is 4.15. The SMILES string of the molecule is CC(C)COc1ccc(-c2ccc(C(=O)O)s2)cc1. The molecule has 2 rings (SSSR count). The van der Waals surface area contributed by atoms with Crippen LogP contribution in [0.15, 0.2) is 36.4 Å². The molecule has 4 heteroatoms. The van der Waals surface area contributed by atoms with Crippen molar-refractivity contribution < 1.29 is 14.6 Å². The Hall–Kier alpha value is -1.81. The summed E-state index contributed by atoms with van der Waals surface area (Å²) in [6, 6.07) is 11.2. The summed E-state index contributed by atoms with van der Waals surface area (Å²) in [5.74, 6) is 0.454. The van der Waals surface area contributed by atoms with Crippen LogP contribution in [0.25, 0.3) is 10.4 Å². The van der Waals surface area contributed by atoms with E-state index in [0.29, 0.717) is 17.4 Å². The van der Waals surface area contributed by atoms with Crippen LogP contribution in [0.4, 0.5) is 0 Å². The summed E-state index contributed by atoms with van der Waals surface area (Å²) in [5.41, 5.74) is 1.01. The fourth-order valence-electron chi connectivity index (χ4n) is 1.59. The van der Waals surface area contributed by atoms with E-state index in [4.69, 9.17) is 9.84 Å². The maximum Gasteiger partial charge on any atom is 0.345 e. The van der Waals surface area contributed by atoms with Gasteiger partial charge in [-0.15, -0.1) is 11.3 Å². The minimum Gasteiger partial charge on any atom is -0.493 e. The van der Waals surface area contributed by atoms with E-state index in [1.54, 1.807) is 6.07 Å². The number of hydrogen-bond acceptors (Lipinski definition) is 3. The van der Waals surface area contributed by atoms with Crippen LogP contribution in [0.5, 0.6) is 5.75 Å². The molecule has 0 spiro atoms. The average Bonchev–Trinajstić information content (AvgIpc) is 2.86. The van der Waals surface area contributed by atoms with Crippen molar-refractivity contribution in [2.75, 3.05) is 6.61 Å². The molecule has 100 valence electrons. The summed E-state index contributed by atoms with van der Waals surface area (Å²) >= 11 is 1.28. The second-order valence-electron chi connectivity index (χ2n) is 4.70. The molecule has 1 N–H and O–H groups in total. The minimum absolute atomic E-state index is 0.357. The van der Waals surface area contributed by atoms with Crippen molar-refractivity contribution in [3.8, 4) is 16.2 Å². The third-order valence-electron chi connectivity index (χ3n) is 2.54. The van der Waals surface area contributed by atoms with Crippen molar-refractivity contribution in [3.05, 3.63) is 41.3 Å². The zero-order valence-electron chi connectivity index (χ0n) is 10.9. The van der Waals surface area contributed by atoms with Gasteiger partial charge in [-0.25, -0.2) is 4.79 Å². The van der Waals surface area contributed by atoms with Crippen LogP contribution in [0.1, 0.15) is 23.5 Å². The van der Waals surface area contributed by atoms with Gasteiger partial charge in [0.15, 0.2) is 0 Å². The third-order valence-corrected chi connectivity index (χ3v) is 3.66. The van der Waals surface area contributed by atoms with Crippen LogP contribution in [-0.4, -0.2) is 17.7 Å². The Kier molecular flexibility index (Phi) is 4.22. The fraction of sp³-hybridized carbons (Fsp3) is 0.267. The molecule has 0 fully saturated rings. The first kappa shape index (κ1) is 13.6. The van der Waals surface area contributed by atoms with Gasteiger partial charge in [-0.3, -0.25) is 0 Å². The number of carboxylic acids is 1. The Morgan fingerprint density at radius 2 is 1.89 bits per heavy atom. The Bertz CT molecular complexity index is 555. The van der Waals surface area contributed by atoms with E-state index in [2.05, 4.69) is 13.8 Å². The number of hydrogen-bond donors (Lipinski definition) is 1. The number of thiophene rings is 1. The summed E-state index contributed by atoms with van der Waals surface area (Å²) in [4.78, 5) is 12.1.